The van der Waals surface area contributed by atoms with E-state index in [-0.39, 0.29) is 22.3 Å². The summed E-state index contributed by atoms with van der Waals surface area (Å²) >= 11 is 0. The summed E-state index contributed by atoms with van der Waals surface area (Å²) in [5.41, 5.74) is 0.0820. The van der Waals surface area contributed by atoms with Gasteiger partial charge in [0.05, 0.1) is 0 Å². The van der Waals surface area contributed by atoms with Crippen LogP contribution < -0.4 is 0 Å². The van der Waals surface area contributed by atoms with Gasteiger partial charge in [0.2, 0.25) is 0 Å². The second-order valence-electron chi connectivity index (χ2n) is 7.43. The van der Waals surface area contributed by atoms with E-state index in [0.29, 0.717) is 30.8 Å². The van der Waals surface area contributed by atoms with Gasteiger partial charge in [0.15, 0.2) is 0 Å². The number of hydrogen-bond acceptors (Lipinski definition) is 0. The molecule has 0 fully saturated rings. The molecule has 23 heavy (non-hydrogen) atoms. The molecule has 0 saturated carbocycles. The average molecular weight is 371 g/mol. The van der Waals surface area contributed by atoms with Gasteiger partial charge in [0.1, 0.15) is 0 Å². The van der Waals surface area contributed by atoms with Gasteiger partial charge in [-0.05, 0) is 0 Å². The van der Waals surface area contributed by atoms with Crippen molar-refractivity contribution in [2.45, 2.75) is 105 Å². The van der Waals surface area contributed by atoms with Crippen molar-refractivity contribution >= 4 is 0 Å². The van der Waals surface area contributed by atoms with Crippen molar-refractivity contribution in [3.63, 3.8) is 0 Å². The zero-order valence-electron chi connectivity index (χ0n) is 17.1. The number of rotatable bonds is 9. The van der Waals surface area contributed by atoms with Crippen LogP contribution in [-0.2, 0) is 16.8 Å². The van der Waals surface area contributed by atoms with Crippen LogP contribution in [0.3, 0.4) is 0 Å². The third-order valence-electron chi connectivity index (χ3n) is 2.66. The first-order valence-corrected chi connectivity index (χ1v) is 8.69. The molecule has 1 radical (unpaired) electrons. The van der Waals surface area contributed by atoms with Gasteiger partial charge in [0, 0.05) is 16.8 Å². The molecule has 0 aromatic carbocycles. The standard InChI is InChI=1S/C11H24N2.C7H16N2.Co/c1-8(2)12-10(5)7-11(6)13-9(3)4;1-5-8-6-9-7(2,3)4;/h8-11H,7H2,1-6H3;5-6H2,1-4H3;/q2*-2;. The molecular weight excluding hydrogens is 331 g/mol. The molecule has 0 aliphatic heterocycles. The van der Waals surface area contributed by atoms with Crippen LogP contribution in [0.4, 0.5) is 0 Å². The van der Waals surface area contributed by atoms with Crippen molar-refractivity contribution in [3.8, 4) is 0 Å². The monoisotopic (exact) mass is 371 g/mol. The second kappa shape index (κ2) is 15.8. The first-order chi connectivity index (χ1) is 9.97. The molecule has 0 rings (SSSR count). The van der Waals surface area contributed by atoms with Crippen LogP contribution in [0.2, 0.25) is 0 Å². The van der Waals surface area contributed by atoms with Gasteiger partial charge >= 0.3 is 0 Å². The fraction of sp³-hybridized carbons (Fsp3) is 1.00. The largest absolute Gasteiger partial charge is 0.681 e. The first-order valence-electron chi connectivity index (χ1n) is 8.69. The maximum absolute atomic E-state index is 4.56. The van der Waals surface area contributed by atoms with Crippen LogP contribution >= 0.6 is 0 Å². The summed E-state index contributed by atoms with van der Waals surface area (Å²) in [4.78, 5) is 0. The number of hydrogen-bond donors (Lipinski definition) is 0. The molecular formula is C18H40CoN4-4. The van der Waals surface area contributed by atoms with Crippen molar-refractivity contribution in [1.82, 2.24) is 0 Å². The molecule has 0 N–H and O–H groups in total. The van der Waals surface area contributed by atoms with Crippen molar-refractivity contribution in [1.29, 1.82) is 0 Å². The first kappa shape index (κ1) is 28.2. The molecule has 4 nitrogen and oxygen atoms in total. The summed E-state index contributed by atoms with van der Waals surface area (Å²) < 4.78 is 0. The van der Waals surface area contributed by atoms with Crippen LogP contribution in [0, 0.1) is 0 Å². The van der Waals surface area contributed by atoms with E-state index in [1.54, 1.807) is 0 Å². The molecule has 0 aliphatic rings. The fourth-order valence-corrected chi connectivity index (χ4v) is 2.00. The van der Waals surface area contributed by atoms with Crippen molar-refractivity contribution < 1.29 is 16.8 Å². The molecule has 2 unspecified atom stereocenters. The molecule has 0 saturated heterocycles. The normalized spacial score (nSPS) is 14.1. The van der Waals surface area contributed by atoms with Gasteiger partial charge < -0.3 is 21.3 Å². The predicted molar refractivity (Wildman–Crippen MR) is 102 cm³/mol. The number of nitrogens with zero attached hydrogens (tertiary/aromatic N) is 4. The van der Waals surface area contributed by atoms with Crippen LogP contribution in [0.15, 0.2) is 0 Å². The maximum atomic E-state index is 4.56. The van der Waals surface area contributed by atoms with E-state index in [1.165, 1.54) is 0 Å². The van der Waals surface area contributed by atoms with Crippen molar-refractivity contribution in [2.24, 2.45) is 0 Å². The van der Waals surface area contributed by atoms with E-state index in [4.69, 9.17) is 0 Å². The molecule has 0 bridgehead atoms. The molecule has 0 aliphatic carbocycles. The summed E-state index contributed by atoms with van der Waals surface area (Å²) in [7, 11) is 0. The third-order valence-corrected chi connectivity index (χ3v) is 2.66. The Hall–Kier alpha value is 0.346. The minimum Gasteiger partial charge on any atom is -0.681 e. The average Bonchev–Trinajstić information content (AvgIpc) is 2.25. The Labute approximate surface area is 156 Å². The Kier molecular flexibility index (Phi) is 19.4. The Bertz CT molecular complexity index is 226. The van der Waals surface area contributed by atoms with Gasteiger partial charge in [-0.25, -0.2) is 0 Å². The van der Waals surface area contributed by atoms with Crippen LogP contribution in [0.1, 0.15) is 75.7 Å². The zero-order valence-corrected chi connectivity index (χ0v) is 18.1. The topological polar surface area (TPSA) is 56.4 Å². The SMILES string of the molecule is CC(C)[N-]C(C)CC(C)[N-]C(C)C.CC[N-]C[N-]C(C)(C)C.[Co]. The quantitative estimate of drug-likeness (QED) is 0.432. The molecule has 0 aromatic rings. The Morgan fingerprint density at radius 2 is 1.17 bits per heavy atom. The van der Waals surface area contributed by atoms with E-state index in [2.05, 4.69) is 83.6 Å². The summed E-state index contributed by atoms with van der Waals surface area (Å²) in [5.74, 6) is 0. The molecule has 145 valence electrons. The smallest absolute Gasteiger partial charge is 0 e. The Morgan fingerprint density at radius 3 is 1.43 bits per heavy atom. The third kappa shape index (κ3) is 27.5. The fourth-order valence-electron chi connectivity index (χ4n) is 2.00. The Morgan fingerprint density at radius 1 is 0.783 bits per heavy atom. The van der Waals surface area contributed by atoms with Crippen molar-refractivity contribution in [3.05, 3.63) is 21.3 Å². The van der Waals surface area contributed by atoms with Crippen molar-refractivity contribution in [2.75, 3.05) is 13.2 Å². The van der Waals surface area contributed by atoms with Gasteiger partial charge in [-0.2, -0.15) is 6.54 Å². The molecule has 0 aromatic heterocycles. The summed E-state index contributed by atoms with van der Waals surface area (Å²) in [6, 6.07) is 1.78. The zero-order chi connectivity index (χ0) is 17.8. The molecule has 0 spiro atoms. The maximum Gasteiger partial charge on any atom is 0 e. The van der Waals surface area contributed by atoms with E-state index in [1.807, 2.05) is 6.92 Å². The molecule has 5 heteroatoms. The minimum atomic E-state index is 0. The predicted octanol–water partition coefficient (Wildman–Crippen LogP) is 6.22. The van der Waals surface area contributed by atoms with Gasteiger partial charge in [0.25, 0.3) is 0 Å². The van der Waals surface area contributed by atoms with Crippen LogP contribution in [0.25, 0.3) is 21.3 Å². The van der Waals surface area contributed by atoms with Crippen LogP contribution in [-0.4, -0.2) is 42.9 Å². The summed E-state index contributed by atoms with van der Waals surface area (Å²) in [6.45, 7) is 22.6. The van der Waals surface area contributed by atoms with E-state index < -0.39 is 0 Å². The molecule has 0 amide bonds. The van der Waals surface area contributed by atoms with E-state index in [0.717, 1.165) is 13.0 Å². The van der Waals surface area contributed by atoms with Crippen LogP contribution in [0.5, 0.6) is 0 Å². The van der Waals surface area contributed by atoms with E-state index >= 15 is 0 Å². The Balaban J connectivity index is -0.000000354. The second-order valence-corrected chi connectivity index (χ2v) is 7.43. The molecule has 2 atom stereocenters. The summed E-state index contributed by atoms with van der Waals surface area (Å²) in [6.07, 6.45) is 1.08. The minimum absolute atomic E-state index is 0. The summed E-state index contributed by atoms with van der Waals surface area (Å²) in [5, 5.41) is 17.5. The van der Waals surface area contributed by atoms with E-state index in [9.17, 15) is 0 Å². The van der Waals surface area contributed by atoms with Gasteiger partial charge in [-0.3, -0.25) is 6.67 Å². The van der Waals surface area contributed by atoms with Gasteiger partial charge in [-0.15, -0.1) is 29.7 Å². The molecule has 0 heterocycles. The van der Waals surface area contributed by atoms with Gasteiger partial charge in [-0.1, -0.05) is 75.7 Å².